The van der Waals surface area contributed by atoms with Gasteiger partial charge in [0, 0.05) is 6.07 Å². The van der Waals surface area contributed by atoms with Crippen molar-refractivity contribution in [2.75, 3.05) is 0 Å². The molecule has 0 spiro atoms. The summed E-state index contributed by atoms with van der Waals surface area (Å²) in [7, 11) is 0. The van der Waals surface area contributed by atoms with E-state index in [0.29, 0.717) is 12.1 Å². The number of nitro benzene ring substituents is 2. The van der Waals surface area contributed by atoms with E-state index in [9.17, 15) is 38.2 Å². The van der Waals surface area contributed by atoms with E-state index < -0.39 is 43.8 Å². The second kappa shape index (κ2) is 4.80. The fourth-order valence-corrected chi connectivity index (χ4v) is 1.48. The van der Waals surface area contributed by atoms with Gasteiger partial charge >= 0.3 is 11.9 Å². The Hall–Kier alpha value is -2.23. The van der Waals surface area contributed by atoms with Crippen LogP contribution in [0, 0.1) is 20.2 Å². The summed E-state index contributed by atoms with van der Waals surface area (Å²) in [5.41, 5.74) is -4.47. The molecule has 11 heteroatoms. The monoisotopic (exact) mass is 298 g/mol. The fraction of sp³-hybridized carbons (Fsp3) is 0.125. The Morgan fingerprint density at radius 1 is 1.16 bits per heavy atom. The summed E-state index contributed by atoms with van der Waals surface area (Å²) in [6, 6.07) is 1.17. The van der Waals surface area contributed by atoms with Crippen molar-refractivity contribution >= 4 is 28.8 Å². The van der Waals surface area contributed by atoms with Crippen LogP contribution in [0.5, 0.6) is 0 Å². The second-order valence-corrected chi connectivity index (χ2v) is 3.54. The molecule has 7 nitrogen and oxygen atoms in total. The number of carbonyl (C=O) groups excluding carboxylic acids is 1. The van der Waals surface area contributed by atoms with Crippen LogP contribution in [0.15, 0.2) is 12.1 Å². The van der Waals surface area contributed by atoms with Crippen molar-refractivity contribution in [3.63, 3.8) is 0 Å². The zero-order valence-corrected chi connectivity index (χ0v) is 9.36. The molecule has 0 fully saturated rings. The highest BCUT2D eigenvalue weighted by Crippen LogP contribution is 2.38. The first-order chi connectivity index (χ1) is 8.57. The highest BCUT2D eigenvalue weighted by atomic mass is 35.5. The predicted octanol–water partition coefficient (Wildman–Crippen LogP) is 2.90. The molecule has 0 aliphatic heterocycles. The van der Waals surface area contributed by atoms with Crippen LogP contribution < -0.4 is 0 Å². The standard InChI is InChI=1S/C8H2ClF3N2O5/c9-3-1-2-4(13(16)17)5(6(3)14(18)19)7(15)8(10,11)12/h1-2H. The zero-order chi connectivity index (χ0) is 15.0. The van der Waals surface area contributed by atoms with Gasteiger partial charge in [-0.25, -0.2) is 0 Å². The second-order valence-electron chi connectivity index (χ2n) is 3.13. The first kappa shape index (κ1) is 14.8. The van der Waals surface area contributed by atoms with Crippen molar-refractivity contribution in [1.82, 2.24) is 0 Å². The molecule has 0 aromatic heterocycles. The minimum atomic E-state index is -5.50. The van der Waals surface area contributed by atoms with E-state index in [4.69, 9.17) is 11.6 Å². The summed E-state index contributed by atoms with van der Waals surface area (Å²) in [6.07, 6.45) is -5.50. The van der Waals surface area contributed by atoms with Crippen molar-refractivity contribution < 1.29 is 27.8 Å². The van der Waals surface area contributed by atoms with E-state index in [0.717, 1.165) is 0 Å². The average molecular weight is 299 g/mol. The number of nitrogens with zero attached hydrogens (tertiary/aromatic N) is 2. The Morgan fingerprint density at radius 3 is 2.05 bits per heavy atom. The summed E-state index contributed by atoms with van der Waals surface area (Å²) in [5, 5.41) is 20.4. The van der Waals surface area contributed by atoms with E-state index in [1.165, 1.54) is 0 Å². The molecular weight excluding hydrogens is 297 g/mol. The number of ketones is 1. The minimum absolute atomic E-state index is 0.494. The van der Waals surface area contributed by atoms with Crippen molar-refractivity contribution in [3.8, 4) is 0 Å². The van der Waals surface area contributed by atoms with E-state index in [-0.39, 0.29) is 0 Å². The van der Waals surface area contributed by atoms with Gasteiger partial charge in [0.25, 0.3) is 11.5 Å². The van der Waals surface area contributed by atoms with Crippen molar-refractivity contribution in [2.24, 2.45) is 0 Å². The summed E-state index contributed by atoms with van der Waals surface area (Å²) < 4.78 is 36.9. The quantitative estimate of drug-likeness (QED) is 0.485. The van der Waals surface area contributed by atoms with Gasteiger partial charge in [-0.3, -0.25) is 25.0 Å². The Labute approximate surface area is 106 Å². The van der Waals surface area contributed by atoms with Gasteiger partial charge in [-0.15, -0.1) is 0 Å². The van der Waals surface area contributed by atoms with Crippen molar-refractivity contribution in [3.05, 3.63) is 42.9 Å². The molecule has 0 N–H and O–H groups in total. The van der Waals surface area contributed by atoms with Gasteiger partial charge in [0.15, 0.2) is 5.56 Å². The largest absolute Gasteiger partial charge is 0.455 e. The SMILES string of the molecule is O=C(c1c([N+](=O)[O-])ccc(Cl)c1[N+](=O)[O-])C(F)(F)F. The molecule has 0 aliphatic carbocycles. The van der Waals surface area contributed by atoms with Crippen molar-refractivity contribution in [1.29, 1.82) is 0 Å². The predicted molar refractivity (Wildman–Crippen MR) is 55.1 cm³/mol. The molecule has 0 saturated carbocycles. The molecule has 0 bridgehead atoms. The minimum Gasteiger partial charge on any atom is -0.283 e. The van der Waals surface area contributed by atoms with Gasteiger partial charge in [0.1, 0.15) is 5.02 Å². The maximum atomic E-state index is 12.3. The molecule has 0 amide bonds. The normalized spacial score (nSPS) is 11.2. The van der Waals surface area contributed by atoms with Crippen LogP contribution >= 0.6 is 11.6 Å². The maximum Gasteiger partial charge on any atom is 0.455 e. The maximum absolute atomic E-state index is 12.3. The van der Waals surface area contributed by atoms with Gasteiger partial charge in [0.2, 0.25) is 0 Å². The average Bonchev–Trinajstić information content (AvgIpc) is 2.25. The Morgan fingerprint density at radius 2 is 1.68 bits per heavy atom. The van der Waals surface area contributed by atoms with Gasteiger partial charge in [0.05, 0.1) is 9.85 Å². The molecule has 1 rings (SSSR count). The van der Waals surface area contributed by atoms with E-state index in [1.54, 1.807) is 0 Å². The molecular formula is C8H2ClF3N2O5. The van der Waals surface area contributed by atoms with Crippen LogP contribution in [-0.2, 0) is 0 Å². The number of nitro groups is 2. The lowest BCUT2D eigenvalue weighted by Gasteiger charge is -2.07. The van der Waals surface area contributed by atoms with E-state index in [1.807, 2.05) is 0 Å². The van der Waals surface area contributed by atoms with E-state index in [2.05, 4.69) is 0 Å². The number of carbonyl (C=O) groups is 1. The first-order valence-electron chi connectivity index (χ1n) is 4.30. The summed E-state index contributed by atoms with van der Waals surface area (Å²) in [4.78, 5) is 29.6. The van der Waals surface area contributed by atoms with Crippen LogP contribution in [0.1, 0.15) is 10.4 Å². The third-order valence-electron chi connectivity index (χ3n) is 1.97. The fourth-order valence-electron chi connectivity index (χ4n) is 1.25. The molecule has 1 aromatic rings. The van der Waals surface area contributed by atoms with Crippen LogP contribution in [-0.4, -0.2) is 21.8 Å². The molecule has 0 radical (unpaired) electrons. The molecule has 0 aliphatic rings. The third-order valence-corrected chi connectivity index (χ3v) is 2.28. The summed E-state index contributed by atoms with van der Waals surface area (Å²) >= 11 is 5.31. The zero-order valence-electron chi connectivity index (χ0n) is 8.60. The lowest BCUT2D eigenvalue weighted by atomic mass is 10.1. The Kier molecular flexibility index (Phi) is 3.75. The van der Waals surface area contributed by atoms with Crippen LogP contribution in [0.25, 0.3) is 0 Å². The number of alkyl halides is 3. The molecule has 102 valence electrons. The first-order valence-corrected chi connectivity index (χ1v) is 4.68. The number of hydrogen-bond acceptors (Lipinski definition) is 5. The Balaban J connectivity index is 3.75. The van der Waals surface area contributed by atoms with Gasteiger partial charge < -0.3 is 0 Å². The summed E-state index contributed by atoms with van der Waals surface area (Å²) in [5.74, 6) is -2.70. The van der Waals surface area contributed by atoms with Gasteiger partial charge in [-0.2, -0.15) is 13.2 Å². The number of benzene rings is 1. The van der Waals surface area contributed by atoms with Gasteiger partial charge in [-0.1, -0.05) is 11.6 Å². The number of halogens is 4. The number of rotatable bonds is 3. The number of hydrogen-bond donors (Lipinski definition) is 0. The van der Waals surface area contributed by atoms with Crippen LogP contribution in [0.3, 0.4) is 0 Å². The lowest BCUT2D eigenvalue weighted by Crippen LogP contribution is -2.24. The molecule has 0 heterocycles. The molecule has 0 unspecified atom stereocenters. The Bertz CT molecular complexity index is 586. The number of Topliss-reactive ketones (excluding diaryl/α,β-unsaturated/α-hetero) is 1. The smallest absolute Gasteiger partial charge is 0.283 e. The highest BCUT2D eigenvalue weighted by Gasteiger charge is 2.47. The topological polar surface area (TPSA) is 103 Å². The van der Waals surface area contributed by atoms with Crippen LogP contribution in [0.2, 0.25) is 5.02 Å². The summed E-state index contributed by atoms with van der Waals surface area (Å²) in [6.45, 7) is 0. The molecule has 0 atom stereocenters. The molecule has 0 saturated heterocycles. The highest BCUT2D eigenvalue weighted by molar-refractivity contribution is 6.33. The lowest BCUT2D eigenvalue weighted by molar-refractivity contribution is -0.394. The molecule has 19 heavy (non-hydrogen) atoms. The third kappa shape index (κ3) is 2.78. The van der Waals surface area contributed by atoms with Crippen molar-refractivity contribution in [2.45, 2.75) is 6.18 Å². The van der Waals surface area contributed by atoms with Gasteiger partial charge in [-0.05, 0) is 6.07 Å². The van der Waals surface area contributed by atoms with Crippen LogP contribution in [0.4, 0.5) is 24.5 Å². The molecule has 1 aromatic carbocycles. The van der Waals surface area contributed by atoms with E-state index >= 15 is 0 Å².